The summed E-state index contributed by atoms with van der Waals surface area (Å²) >= 11 is 3.25. The Balaban J connectivity index is 1.55. The van der Waals surface area contributed by atoms with Crippen molar-refractivity contribution in [2.75, 3.05) is 19.8 Å². The first-order valence-corrected chi connectivity index (χ1v) is 8.61. The third-order valence-electron chi connectivity index (χ3n) is 3.49. The van der Waals surface area contributed by atoms with Crippen molar-refractivity contribution in [2.24, 2.45) is 5.92 Å². The van der Waals surface area contributed by atoms with Crippen molar-refractivity contribution >= 4 is 28.6 Å². The molecule has 0 saturated carbocycles. The Labute approximate surface area is 131 Å². The van der Waals surface area contributed by atoms with Gasteiger partial charge in [-0.05, 0) is 30.0 Å². The normalized spacial score (nSPS) is 19.6. The van der Waals surface area contributed by atoms with E-state index in [0.29, 0.717) is 13.2 Å². The number of thiophene rings is 2. The Hall–Kier alpha value is -1.21. The predicted molar refractivity (Wildman–Crippen MR) is 84.5 cm³/mol. The molecule has 112 valence electrons. The lowest BCUT2D eigenvalue weighted by molar-refractivity contribution is -0.125. The van der Waals surface area contributed by atoms with Crippen molar-refractivity contribution in [2.45, 2.75) is 12.5 Å². The third-order valence-corrected chi connectivity index (χ3v) is 5.74. The molecule has 1 saturated heterocycles. The maximum atomic E-state index is 11.9. The van der Waals surface area contributed by atoms with E-state index in [2.05, 4.69) is 11.4 Å². The van der Waals surface area contributed by atoms with Crippen molar-refractivity contribution in [3.63, 3.8) is 0 Å². The van der Waals surface area contributed by atoms with E-state index in [0.717, 1.165) is 16.2 Å². The highest BCUT2D eigenvalue weighted by Crippen LogP contribution is 2.33. The van der Waals surface area contributed by atoms with Gasteiger partial charge in [0.1, 0.15) is 6.10 Å². The van der Waals surface area contributed by atoms with Gasteiger partial charge in [0.15, 0.2) is 0 Å². The largest absolute Gasteiger partial charge is 0.386 e. The van der Waals surface area contributed by atoms with E-state index in [-0.39, 0.29) is 18.4 Å². The molecule has 21 heavy (non-hydrogen) atoms. The van der Waals surface area contributed by atoms with Gasteiger partial charge in [0.2, 0.25) is 5.91 Å². The van der Waals surface area contributed by atoms with Gasteiger partial charge in [-0.1, -0.05) is 6.07 Å². The average Bonchev–Trinajstić information content (AvgIpc) is 3.25. The number of aliphatic hydroxyl groups excluding tert-OH is 1. The number of aliphatic hydroxyl groups is 1. The van der Waals surface area contributed by atoms with Crippen molar-refractivity contribution in [1.82, 2.24) is 5.32 Å². The number of amides is 1. The van der Waals surface area contributed by atoms with E-state index >= 15 is 0 Å². The molecule has 2 atom stereocenters. The molecule has 1 aliphatic rings. The smallest absolute Gasteiger partial charge is 0.225 e. The zero-order valence-electron chi connectivity index (χ0n) is 11.5. The lowest BCUT2D eigenvalue weighted by Gasteiger charge is -2.12. The van der Waals surface area contributed by atoms with Crippen LogP contribution in [0.25, 0.3) is 9.75 Å². The third kappa shape index (κ3) is 3.52. The molecule has 2 aromatic rings. The standard InChI is InChI=1S/C15H17NO3S2/c17-11(8-16-15(18)10-5-6-19-9-10)12-3-4-14(21-12)13-2-1-7-20-13/h1-4,7,10-11,17H,5-6,8-9H2,(H,16,18)/t10-,11-/m0/s1. The Morgan fingerprint density at radius 2 is 2.33 bits per heavy atom. The summed E-state index contributed by atoms with van der Waals surface area (Å²) in [7, 11) is 0. The zero-order chi connectivity index (χ0) is 14.7. The lowest BCUT2D eigenvalue weighted by atomic mass is 10.1. The van der Waals surface area contributed by atoms with Crippen molar-refractivity contribution in [3.05, 3.63) is 34.5 Å². The fraction of sp³-hybridized carbons (Fsp3) is 0.400. The van der Waals surface area contributed by atoms with Gasteiger partial charge in [-0.2, -0.15) is 0 Å². The average molecular weight is 323 g/mol. The molecule has 0 spiro atoms. The molecule has 1 aliphatic heterocycles. The number of carbonyl (C=O) groups is 1. The summed E-state index contributed by atoms with van der Waals surface area (Å²) < 4.78 is 5.19. The number of carbonyl (C=O) groups excluding carboxylic acids is 1. The van der Waals surface area contributed by atoms with Crippen LogP contribution in [-0.4, -0.2) is 30.8 Å². The molecule has 0 unspecified atom stereocenters. The quantitative estimate of drug-likeness (QED) is 0.889. The van der Waals surface area contributed by atoms with Crippen molar-refractivity contribution < 1.29 is 14.6 Å². The Morgan fingerprint density at radius 3 is 3.05 bits per heavy atom. The maximum Gasteiger partial charge on any atom is 0.225 e. The van der Waals surface area contributed by atoms with Gasteiger partial charge >= 0.3 is 0 Å². The van der Waals surface area contributed by atoms with Gasteiger partial charge in [0, 0.05) is 27.8 Å². The highest BCUT2D eigenvalue weighted by atomic mass is 32.1. The second-order valence-corrected chi connectivity index (χ2v) is 7.06. The summed E-state index contributed by atoms with van der Waals surface area (Å²) in [5, 5.41) is 15.0. The highest BCUT2D eigenvalue weighted by molar-refractivity contribution is 7.21. The minimum atomic E-state index is -0.657. The molecule has 0 aromatic carbocycles. The van der Waals surface area contributed by atoms with E-state index in [1.807, 2.05) is 23.6 Å². The summed E-state index contributed by atoms with van der Waals surface area (Å²) in [4.78, 5) is 15.1. The molecule has 0 radical (unpaired) electrons. The van der Waals surface area contributed by atoms with Crippen LogP contribution in [0, 0.1) is 5.92 Å². The highest BCUT2D eigenvalue weighted by Gasteiger charge is 2.24. The number of rotatable bonds is 5. The topological polar surface area (TPSA) is 58.6 Å². The summed E-state index contributed by atoms with van der Waals surface area (Å²) in [5.41, 5.74) is 0. The molecule has 2 N–H and O–H groups in total. The molecule has 1 fully saturated rings. The maximum absolute atomic E-state index is 11.9. The van der Waals surface area contributed by atoms with Crippen LogP contribution in [0.5, 0.6) is 0 Å². The van der Waals surface area contributed by atoms with Gasteiger partial charge in [-0.15, -0.1) is 22.7 Å². The van der Waals surface area contributed by atoms with Gasteiger partial charge in [-0.25, -0.2) is 0 Å². The Bertz CT molecular complexity index is 588. The Morgan fingerprint density at radius 1 is 1.43 bits per heavy atom. The molecule has 3 rings (SSSR count). The zero-order valence-corrected chi connectivity index (χ0v) is 13.1. The van der Waals surface area contributed by atoms with Crippen molar-refractivity contribution in [3.8, 4) is 9.75 Å². The van der Waals surface area contributed by atoms with E-state index in [4.69, 9.17) is 4.74 Å². The fourth-order valence-electron chi connectivity index (χ4n) is 2.27. The first kappa shape index (κ1) is 14.7. The first-order chi connectivity index (χ1) is 10.2. The van der Waals surface area contributed by atoms with Gasteiger partial charge in [-0.3, -0.25) is 4.79 Å². The molecule has 3 heterocycles. The molecule has 4 nitrogen and oxygen atoms in total. The minimum Gasteiger partial charge on any atom is -0.386 e. The summed E-state index contributed by atoms with van der Waals surface area (Å²) in [6.45, 7) is 1.39. The van der Waals surface area contributed by atoms with E-state index in [1.54, 1.807) is 22.7 Å². The summed E-state index contributed by atoms with van der Waals surface area (Å²) in [6, 6.07) is 8.02. The first-order valence-electron chi connectivity index (χ1n) is 6.91. The predicted octanol–water partition coefficient (Wildman–Crippen LogP) is 2.66. The molecular formula is C15H17NO3S2. The summed E-state index contributed by atoms with van der Waals surface area (Å²) in [6.07, 6.45) is 0.110. The van der Waals surface area contributed by atoms with E-state index < -0.39 is 6.10 Å². The summed E-state index contributed by atoms with van der Waals surface area (Å²) in [5.74, 6) is -0.0937. The van der Waals surface area contributed by atoms with Crippen molar-refractivity contribution in [1.29, 1.82) is 0 Å². The van der Waals surface area contributed by atoms with Crippen LogP contribution >= 0.6 is 22.7 Å². The second kappa shape index (κ2) is 6.70. The number of hydrogen-bond donors (Lipinski definition) is 2. The SMILES string of the molecule is O=C(NC[C@H](O)c1ccc(-c2cccs2)s1)[C@H]1CCOC1. The van der Waals surface area contributed by atoms with Crippen LogP contribution in [0.4, 0.5) is 0 Å². The Kier molecular flexibility index (Phi) is 4.70. The van der Waals surface area contributed by atoms with Crippen LogP contribution in [-0.2, 0) is 9.53 Å². The molecule has 6 heteroatoms. The number of hydrogen-bond acceptors (Lipinski definition) is 5. The van der Waals surface area contributed by atoms with Gasteiger partial charge in [0.05, 0.1) is 12.5 Å². The molecular weight excluding hydrogens is 306 g/mol. The van der Waals surface area contributed by atoms with E-state index in [9.17, 15) is 9.90 Å². The fourth-order valence-corrected chi connectivity index (χ4v) is 4.10. The second-order valence-electron chi connectivity index (χ2n) is 5.00. The number of nitrogens with one attached hydrogen (secondary N) is 1. The minimum absolute atomic E-state index is 0.0263. The molecule has 1 amide bonds. The molecule has 2 aromatic heterocycles. The van der Waals surface area contributed by atoms with Crippen LogP contribution in [0.15, 0.2) is 29.6 Å². The van der Waals surface area contributed by atoms with Crippen LogP contribution in [0.2, 0.25) is 0 Å². The monoisotopic (exact) mass is 323 g/mol. The molecule has 0 bridgehead atoms. The molecule has 0 aliphatic carbocycles. The van der Waals surface area contributed by atoms with Crippen LogP contribution in [0.1, 0.15) is 17.4 Å². The van der Waals surface area contributed by atoms with Gasteiger partial charge in [0.25, 0.3) is 0 Å². The van der Waals surface area contributed by atoms with Crippen LogP contribution < -0.4 is 5.32 Å². The van der Waals surface area contributed by atoms with Crippen LogP contribution in [0.3, 0.4) is 0 Å². The lowest BCUT2D eigenvalue weighted by Crippen LogP contribution is -2.33. The van der Waals surface area contributed by atoms with Gasteiger partial charge < -0.3 is 15.2 Å². The van der Waals surface area contributed by atoms with E-state index in [1.165, 1.54) is 4.88 Å². The number of ether oxygens (including phenoxy) is 1.